The van der Waals surface area contributed by atoms with Gasteiger partial charge in [0, 0.05) is 16.8 Å². The van der Waals surface area contributed by atoms with Gasteiger partial charge in [-0.3, -0.25) is 9.59 Å². The Balaban J connectivity index is 1.70. The van der Waals surface area contributed by atoms with Gasteiger partial charge in [-0.15, -0.1) is 0 Å². The highest BCUT2D eigenvalue weighted by Gasteiger charge is 2.65. The van der Waals surface area contributed by atoms with Gasteiger partial charge in [0.15, 0.2) is 0 Å². The van der Waals surface area contributed by atoms with Crippen LogP contribution in [0.3, 0.4) is 0 Å². The molecule has 1 saturated heterocycles. The number of ether oxygens (including phenoxy) is 1. The zero-order valence-corrected chi connectivity index (χ0v) is 12.4. The summed E-state index contributed by atoms with van der Waals surface area (Å²) in [6.07, 6.45) is 1.86. The lowest BCUT2D eigenvalue weighted by atomic mass is 9.80. The lowest BCUT2D eigenvalue weighted by Gasteiger charge is -2.26. The molecule has 1 amide bonds. The van der Waals surface area contributed by atoms with E-state index in [0.29, 0.717) is 16.9 Å². The molecule has 4 nitrogen and oxygen atoms in total. The zero-order valence-electron chi connectivity index (χ0n) is 11.7. The number of methoxy groups -OCH3 is 1. The second-order valence-electron chi connectivity index (χ2n) is 6.22. The summed E-state index contributed by atoms with van der Waals surface area (Å²) in [6.45, 7) is 0. The first kappa shape index (κ1) is 13.1. The SMILES string of the molecule is COC(=O)[C@H]1[C@@H]2C[C@@H]3[C@H]1C(=O)N(c1ccc(Cl)cc1)[C@@H]3C2. The van der Waals surface area contributed by atoms with Gasteiger partial charge >= 0.3 is 5.97 Å². The number of anilines is 1. The number of halogens is 1. The van der Waals surface area contributed by atoms with Crippen LogP contribution in [0, 0.1) is 23.7 Å². The summed E-state index contributed by atoms with van der Waals surface area (Å²) in [6, 6.07) is 7.59. The fourth-order valence-electron chi connectivity index (χ4n) is 4.68. The second-order valence-corrected chi connectivity index (χ2v) is 6.66. The molecule has 5 atom stereocenters. The monoisotopic (exact) mass is 305 g/mol. The van der Waals surface area contributed by atoms with Crippen LogP contribution in [-0.4, -0.2) is 25.0 Å². The Morgan fingerprint density at radius 1 is 1.29 bits per heavy atom. The number of hydrogen-bond donors (Lipinski definition) is 0. The molecule has 3 aliphatic rings. The molecule has 3 fully saturated rings. The van der Waals surface area contributed by atoms with Crippen LogP contribution in [0.15, 0.2) is 24.3 Å². The Morgan fingerprint density at radius 2 is 2.00 bits per heavy atom. The maximum Gasteiger partial charge on any atom is 0.309 e. The van der Waals surface area contributed by atoms with Crippen molar-refractivity contribution in [3.63, 3.8) is 0 Å². The Morgan fingerprint density at radius 3 is 2.67 bits per heavy atom. The van der Waals surface area contributed by atoms with Gasteiger partial charge in [-0.2, -0.15) is 0 Å². The Hall–Kier alpha value is -1.55. The molecule has 2 saturated carbocycles. The average Bonchev–Trinajstić information content (AvgIpc) is 3.10. The van der Waals surface area contributed by atoms with Gasteiger partial charge in [-0.25, -0.2) is 0 Å². The van der Waals surface area contributed by atoms with Crippen LogP contribution in [0.4, 0.5) is 5.69 Å². The summed E-state index contributed by atoms with van der Waals surface area (Å²) >= 11 is 5.92. The number of esters is 1. The van der Waals surface area contributed by atoms with Crippen LogP contribution in [-0.2, 0) is 14.3 Å². The van der Waals surface area contributed by atoms with Gasteiger partial charge in [-0.05, 0) is 48.9 Å². The zero-order chi connectivity index (χ0) is 14.7. The quantitative estimate of drug-likeness (QED) is 0.789. The van der Waals surface area contributed by atoms with E-state index >= 15 is 0 Å². The van der Waals surface area contributed by atoms with Crippen molar-refractivity contribution >= 4 is 29.2 Å². The van der Waals surface area contributed by atoms with Gasteiger partial charge in [0.25, 0.3) is 0 Å². The highest BCUT2D eigenvalue weighted by atomic mass is 35.5. The number of fused-ring (bicyclic) bond motifs is 1. The minimum Gasteiger partial charge on any atom is -0.469 e. The molecule has 1 aromatic carbocycles. The first-order valence-corrected chi connectivity index (χ1v) is 7.66. The lowest BCUT2D eigenvalue weighted by Crippen LogP contribution is -2.33. The normalized spacial score (nSPS) is 36.4. The number of hydrogen-bond acceptors (Lipinski definition) is 3. The van der Waals surface area contributed by atoms with Gasteiger partial charge in [0.05, 0.1) is 18.9 Å². The van der Waals surface area contributed by atoms with E-state index in [1.165, 1.54) is 7.11 Å². The van der Waals surface area contributed by atoms with Crippen LogP contribution in [0.5, 0.6) is 0 Å². The van der Waals surface area contributed by atoms with E-state index in [1.54, 1.807) is 12.1 Å². The predicted octanol–water partition coefficient (Wildman–Crippen LogP) is 2.50. The average molecular weight is 306 g/mol. The molecule has 2 aliphatic carbocycles. The number of carbonyl (C=O) groups excluding carboxylic acids is 2. The van der Waals surface area contributed by atoms with E-state index in [-0.39, 0.29) is 29.8 Å². The van der Waals surface area contributed by atoms with E-state index in [4.69, 9.17) is 16.3 Å². The smallest absolute Gasteiger partial charge is 0.309 e. The molecule has 21 heavy (non-hydrogen) atoms. The first-order valence-electron chi connectivity index (χ1n) is 7.28. The molecule has 0 N–H and O–H groups in total. The van der Waals surface area contributed by atoms with E-state index in [9.17, 15) is 9.59 Å². The third kappa shape index (κ3) is 1.68. The number of amides is 1. The minimum absolute atomic E-state index is 0.0720. The summed E-state index contributed by atoms with van der Waals surface area (Å²) in [5.74, 6) is -0.0149. The highest BCUT2D eigenvalue weighted by Crippen LogP contribution is 2.59. The second kappa shape index (κ2) is 4.47. The van der Waals surface area contributed by atoms with E-state index < -0.39 is 0 Å². The number of carbonyl (C=O) groups is 2. The topological polar surface area (TPSA) is 46.6 Å². The molecule has 110 valence electrons. The first-order chi connectivity index (χ1) is 10.1. The van der Waals surface area contributed by atoms with Crippen molar-refractivity contribution in [1.29, 1.82) is 0 Å². The molecular weight excluding hydrogens is 290 g/mol. The summed E-state index contributed by atoms with van der Waals surface area (Å²) in [4.78, 5) is 26.7. The maximum absolute atomic E-state index is 12.8. The number of rotatable bonds is 2. The predicted molar refractivity (Wildman–Crippen MR) is 77.9 cm³/mol. The van der Waals surface area contributed by atoms with Gasteiger partial charge < -0.3 is 9.64 Å². The standard InChI is InChI=1S/C16H16ClNO3/c1-21-16(20)13-8-6-11-12(7-8)18(15(19)14(11)13)10-4-2-9(17)3-5-10/h2-5,8,11-14H,6-7H2,1H3/t8-,11+,12-,13+,14-/m1/s1. The van der Waals surface area contributed by atoms with Gasteiger partial charge in [0.2, 0.25) is 5.91 Å². The van der Waals surface area contributed by atoms with Crippen molar-refractivity contribution in [1.82, 2.24) is 0 Å². The molecule has 1 aromatic rings. The van der Waals surface area contributed by atoms with E-state index in [1.807, 2.05) is 17.0 Å². The van der Waals surface area contributed by atoms with Gasteiger partial charge in [0.1, 0.15) is 0 Å². The van der Waals surface area contributed by atoms with Crippen molar-refractivity contribution in [2.24, 2.45) is 23.7 Å². The molecule has 0 aromatic heterocycles. The largest absolute Gasteiger partial charge is 0.469 e. The molecule has 4 rings (SSSR count). The molecule has 0 unspecified atom stereocenters. The summed E-state index contributed by atoms with van der Waals surface area (Å²) in [5.41, 5.74) is 0.882. The van der Waals surface area contributed by atoms with E-state index in [2.05, 4.69) is 0 Å². The van der Waals surface area contributed by atoms with E-state index in [0.717, 1.165) is 18.5 Å². The maximum atomic E-state index is 12.8. The summed E-state index contributed by atoms with van der Waals surface area (Å²) < 4.78 is 4.92. The van der Waals surface area contributed by atoms with Crippen LogP contribution >= 0.6 is 11.6 Å². The fourth-order valence-corrected chi connectivity index (χ4v) is 4.81. The van der Waals surface area contributed by atoms with Crippen molar-refractivity contribution in [3.05, 3.63) is 29.3 Å². The Labute approximate surface area is 128 Å². The number of nitrogens with zero attached hydrogens (tertiary/aromatic N) is 1. The molecule has 2 bridgehead atoms. The molecule has 1 aliphatic heterocycles. The molecule has 5 heteroatoms. The Kier molecular flexibility index (Phi) is 2.80. The van der Waals surface area contributed by atoms with Crippen LogP contribution < -0.4 is 4.90 Å². The van der Waals surface area contributed by atoms with Crippen molar-refractivity contribution in [2.45, 2.75) is 18.9 Å². The van der Waals surface area contributed by atoms with Crippen LogP contribution in [0.25, 0.3) is 0 Å². The molecular formula is C16H16ClNO3. The molecule has 0 spiro atoms. The molecule has 1 heterocycles. The number of benzene rings is 1. The fraction of sp³-hybridized carbons (Fsp3) is 0.500. The molecule has 0 radical (unpaired) electrons. The van der Waals surface area contributed by atoms with Crippen molar-refractivity contribution < 1.29 is 14.3 Å². The van der Waals surface area contributed by atoms with Crippen molar-refractivity contribution in [2.75, 3.05) is 12.0 Å². The highest BCUT2D eigenvalue weighted by molar-refractivity contribution is 6.30. The third-order valence-electron chi connectivity index (χ3n) is 5.40. The summed E-state index contributed by atoms with van der Waals surface area (Å²) in [5, 5.41) is 0.658. The minimum atomic E-state index is -0.249. The van der Waals surface area contributed by atoms with Gasteiger partial charge in [-0.1, -0.05) is 11.6 Å². The van der Waals surface area contributed by atoms with Crippen LogP contribution in [0.1, 0.15) is 12.8 Å². The summed E-state index contributed by atoms with van der Waals surface area (Å²) in [7, 11) is 1.40. The Bertz CT molecular complexity index is 614. The van der Waals surface area contributed by atoms with Crippen molar-refractivity contribution in [3.8, 4) is 0 Å². The van der Waals surface area contributed by atoms with Crippen LogP contribution in [0.2, 0.25) is 5.02 Å². The lowest BCUT2D eigenvalue weighted by molar-refractivity contribution is -0.150. The third-order valence-corrected chi connectivity index (χ3v) is 5.65.